The van der Waals surface area contributed by atoms with E-state index in [9.17, 15) is 18.4 Å². The molecule has 1 atom stereocenters. The Morgan fingerprint density at radius 2 is 2.12 bits per heavy atom. The third kappa shape index (κ3) is 3.01. The average molecular weight is 229 g/mol. The summed E-state index contributed by atoms with van der Waals surface area (Å²) >= 11 is 0. The van der Waals surface area contributed by atoms with E-state index in [0.717, 1.165) is 12.1 Å². The number of hydrogen-bond acceptors (Lipinski definition) is 2. The van der Waals surface area contributed by atoms with E-state index < -0.39 is 30.1 Å². The van der Waals surface area contributed by atoms with Crippen molar-refractivity contribution in [2.75, 3.05) is 0 Å². The monoisotopic (exact) mass is 229 g/mol. The molecule has 2 N–H and O–H groups in total. The zero-order chi connectivity index (χ0) is 12.1. The highest BCUT2D eigenvalue weighted by molar-refractivity contribution is 5.68. The van der Waals surface area contributed by atoms with Gasteiger partial charge < -0.3 is 10.4 Å². The highest BCUT2D eigenvalue weighted by Crippen LogP contribution is 2.18. The molecule has 0 saturated heterocycles. The van der Waals surface area contributed by atoms with Gasteiger partial charge >= 0.3 is 5.97 Å². The van der Waals surface area contributed by atoms with Gasteiger partial charge in [-0.2, -0.15) is 0 Å². The Morgan fingerprint density at radius 3 is 2.62 bits per heavy atom. The van der Waals surface area contributed by atoms with E-state index in [-0.39, 0.29) is 5.56 Å². The van der Waals surface area contributed by atoms with Gasteiger partial charge in [0.25, 0.3) is 0 Å². The van der Waals surface area contributed by atoms with Gasteiger partial charge in [-0.3, -0.25) is 9.59 Å². The minimum atomic E-state index is -1.15. The van der Waals surface area contributed by atoms with Crippen molar-refractivity contribution in [3.05, 3.63) is 35.4 Å². The SMILES string of the molecule is O=CN[C@H](CC(=O)O)c1ccc(F)c(F)c1. The quantitative estimate of drug-likeness (QED) is 0.746. The second-order valence-corrected chi connectivity index (χ2v) is 3.11. The molecule has 6 heteroatoms. The van der Waals surface area contributed by atoms with E-state index in [1.54, 1.807) is 0 Å². The van der Waals surface area contributed by atoms with Crippen LogP contribution in [0.1, 0.15) is 18.0 Å². The first-order chi connectivity index (χ1) is 7.54. The second kappa shape index (κ2) is 5.20. The van der Waals surface area contributed by atoms with Gasteiger partial charge in [0.05, 0.1) is 12.5 Å². The summed E-state index contributed by atoms with van der Waals surface area (Å²) in [6.07, 6.45) is -0.0846. The number of carboxylic acids is 1. The molecule has 1 aromatic rings. The lowest BCUT2D eigenvalue weighted by molar-refractivity contribution is -0.137. The van der Waals surface area contributed by atoms with Crippen LogP contribution in [0.4, 0.5) is 8.78 Å². The summed E-state index contributed by atoms with van der Waals surface area (Å²) in [5.74, 6) is -3.26. The molecule has 1 rings (SSSR count). The Bertz CT molecular complexity index is 409. The number of nitrogens with one attached hydrogen (secondary N) is 1. The van der Waals surface area contributed by atoms with Crippen LogP contribution in [0.15, 0.2) is 18.2 Å². The first-order valence-electron chi connectivity index (χ1n) is 4.41. The lowest BCUT2D eigenvalue weighted by atomic mass is 10.0. The Labute approximate surface area is 89.9 Å². The number of hydrogen-bond donors (Lipinski definition) is 2. The Kier molecular flexibility index (Phi) is 3.93. The number of halogens is 2. The van der Waals surface area contributed by atoms with Crippen molar-refractivity contribution in [2.45, 2.75) is 12.5 Å². The number of aliphatic carboxylic acids is 1. The van der Waals surface area contributed by atoms with Crippen molar-refractivity contribution >= 4 is 12.4 Å². The van der Waals surface area contributed by atoms with Crippen LogP contribution in [0.2, 0.25) is 0 Å². The third-order valence-electron chi connectivity index (χ3n) is 1.99. The highest BCUT2D eigenvalue weighted by Gasteiger charge is 2.16. The summed E-state index contributed by atoms with van der Waals surface area (Å²) < 4.78 is 25.5. The Morgan fingerprint density at radius 1 is 1.44 bits per heavy atom. The molecule has 0 bridgehead atoms. The van der Waals surface area contributed by atoms with Gasteiger partial charge in [-0.25, -0.2) is 8.78 Å². The third-order valence-corrected chi connectivity index (χ3v) is 1.99. The van der Waals surface area contributed by atoms with E-state index in [4.69, 9.17) is 5.11 Å². The van der Waals surface area contributed by atoms with E-state index in [2.05, 4.69) is 5.32 Å². The molecule has 0 spiro atoms. The van der Waals surface area contributed by atoms with Crippen molar-refractivity contribution in [3.8, 4) is 0 Å². The molecular weight excluding hydrogens is 220 g/mol. The smallest absolute Gasteiger partial charge is 0.305 e. The summed E-state index contributed by atoms with van der Waals surface area (Å²) in [4.78, 5) is 20.7. The molecular formula is C10H9F2NO3. The summed E-state index contributed by atoms with van der Waals surface area (Å²) in [6.45, 7) is 0. The molecule has 0 aliphatic carbocycles. The maximum atomic E-state index is 12.9. The molecule has 0 radical (unpaired) electrons. The summed E-state index contributed by atoms with van der Waals surface area (Å²) in [5.41, 5.74) is 0.202. The standard InChI is InChI=1S/C10H9F2NO3/c11-7-2-1-6(3-8(7)12)9(13-5-14)4-10(15)16/h1-3,5,9H,4H2,(H,13,14)(H,15,16)/t9-/m1/s1. The van der Waals surface area contributed by atoms with E-state index >= 15 is 0 Å². The first-order valence-corrected chi connectivity index (χ1v) is 4.41. The van der Waals surface area contributed by atoms with Crippen LogP contribution in [0.5, 0.6) is 0 Å². The minimum Gasteiger partial charge on any atom is -0.481 e. The average Bonchev–Trinajstić information content (AvgIpc) is 2.21. The predicted molar refractivity (Wildman–Crippen MR) is 50.6 cm³/mol. The van der Waals surface area contributed by atoms with Crippen LogP contribution < -0.4 is 5.32 Å². The zero-order valence-corrected chi connectivity index (χ0v) is 8.11. The fourth-order valence-corrected chi connectivity index (χ4v) is 1.26. The number of carbonyl (C=O) groups excluding carboxylic acids is 1. The van der Waals surface area contributed by atoms with Crippen LogP contribution in [0.25, 0.3) is 0 Å². The molecule has 0 unspecified atom stereocenters. The van der Waals surface area contributed by atoms with Gasteiger partial charge in [0, 0.05) is 0 Å². The molecule has 0 aliphatic rings. The van der Waals surface area contributed by atoms with Gasteiger partial charge in [-0.1, -0.05) is 6.07 Å². The van der Waals surface area contributed by atoms with E-state index in [1.807, 2.05) is 0 Å². The number of amides is 1. The molecule has 1 amide bonds. The van der Waals surface area contributed by atoms with Gasteiger partial charge in [0.15, 0.2) is 11.6 Å². The van der Waals surface area contributed by atoms with Crippen molar-refractivity contribution < 1.29 is 23.5 Å². The maximum absolute atomic E-state index is 12.9. The zero-order valence-electron chi connectivity index (χ0n) is 8.11. The van der Waals surface area contributed by atoms with Gasteiger partial charge in [0.2, 0.25) is 6.41 Å². The predicted octanol–water partition coefficient (Wildman–Crippen LogP) is 1.23. The van der Waals surface area contributed by atoms with Gasteiger partial charge in [-0.05, 0) is 17.7 Å². The topological polar surface area (TPSA) is 66.4 Å². The molecule has 0 aliphatic heterocycles. The van der Waals surface area contributed by atoms with Crippen LogP contribution in [-0.4, -0.2) is 17.5 Å². The number of carboxylic acid groups (broad SMARTS) is 1. The first kappa shape index (κ1) is 12.1. The molecule has 1 aromatic carbocycles. The second-order valence-electron chi connectivity index (χ2n) is 3.11. The summed E-state index contributed by atoms with van der Waals surface area (Å²) in [6, 6.07) is 2.10. The largest absolute Gasteiger partial charge is 0.481 e. The van der Waals surface area contributed by atoms with Crippen molar-refractivity contribution in [2.24, 2.45) is 0 Å². The summed E-state index contributed by atoms with van der Waals surface area (Å²) in [7, 11) is 0. The lowest BCUT2D eigenvalue weighted by Gasteiger charge is -2.14. The van der Waals surface area contributed by atoms with Crippen LogP contribution >= 0.6 is 0 Å². The van der Waals surface area contributed by atoms with Crippen LogP contribution in [0.3, 0.4) is 0 Å². The summed E-state index contributed by atoms with van der Waals surface area (Å²) in [5, 5.41) is 10.8. The van der Waals surface area contributed by atoms with Crippen LogP contribution in [-0.2, 0) is 9.59 Å². The van der Waals surface area contributed by atoms with E-state index in [0.29, 0.717) is 6.41 Å². The fraction of sp³-hybridized carbons (Fsp3) is 0.200. The maximum Gasteiger partial charge on any atom is 0.305 e. The molecule has 16 heavy (non-hydrogen) atoms. The number of rotatable bonds is 5. The number of carbonyl (C=O) groups is 2. The van der Waals surface area contributed by atoms with Crippen molar-refractivity contribution in [3.63, 3.8) is 0 Å². The minimum absolute atomic E-state index is 0.202. The van der Waals surface area contributed by atoms with Gasteiger partial charge in [-0.15, -0.1) is 0 Å². The van der Waals surface area contributed by atoms with Gasteiger partial charge in [0.1, 0.15) is 0 Å². The number of benzene rings is 1. The highest BCUT2D eigenvalue weighted by atomic mass is 19.2. The normalized spacial score (nSPS) is 11.9. The molecule has 4 nitrogen and oxygen atoms in total. The lowest BCUT2D eigenvalue weighted by Crippen LogP contribution is -2.22. The molecule has 86 valence electrons. The Balaban J connectivity index is 2.95. The molecule has 0 saturated carbocycles. The Hall–Kier alpha value is -1.98. The molecule has 0 heterocycles. The fourth-order valence-electron chi connectivity index (χ4n) is 1.26. The van der Waals surface area contributed by atoms with Crippen molar-refractivity contribution in [1.82, 2.24) is 5.32 Å². The molecule has 0 fully saturated rings. The van der Waals surface area contributed by atoms with E-state index in [1.165, 1.54) is 6.07 Å². The molecule has 0 aromatic heterocycles. The van der Waals surface area contributed by atoms with Crippen LogP contribution in [0, 0.1) is 11.6 Å². The van der Waals surface area contributed by atoms with Crippen molar-refractivity contribution in [1.29, 1.82) is 0 Å².